The smallest absolute Gasteiger partial charge is 0.0454 e. The summed E-state index contributed by atoms with van der Waals surface area (Å²) in [6.07, 6.45) is 1.90. The first-order valence-electron chi connectivity index (χ1n) is 8.19. The largest absolute Gasteiger partial charge is 0.304 e. The first kappa shape index (κ1) is 17.7. The SMILES string of the molecule is Cc1[c-]c(-c2nccc3c2ccc2c(C)nc(C)cc23)cc(C)c1.[Ir]. The molecule has 0 atom stereocenters. The fourth-order valence-corrected chi connectivity index (χ4v) is 3.55. The van der Waals surface area contributed by atoms with E-state index >= 15 is 0 Å². The van der Waals surface area contributed by atoms with E-state index in [0.717, 1.165) is 33.6 Å². The number of aryl methyl sites for hydroxylation is 4. The molecule has 2 aromatic heterocycles. The summed E-state index contributed by atoms with van der Waals surface area (Å²) in [5, 5.41) is 4.83. The molecule has 25 heavy (non-hydrogen) atoms. The molecule has 2 heterocycles. The molecule has 2 aromatic carbocycles. The predicted molar refractivity (Wildman–Crippen MR) is 100 cm³/mol. The van der Waals surface area contributed by atoms with Gasteiger partial charge in [0.15, 0.2) is 0 Å². The van der Waals surface area contributed by atoms with Gasteiger partial charge in [-0.05, 0) is 47.8 Å². The van der Waals surface area contributed by atoms with Gasteiger partial charge in [0.05, 0.1) is 0 Å². The van der Waals surface area contributed by atoms with E-state index in [1.165, 1.54) is 21.7 Å². The quantitative estimate of drug-likeness (QED) is 0.254. The van der Waals surface area contributed by atoms with Crippen LogP contribution in [0, 0.1) is 33.8 Å². The van der Waals surface area contributed by atoms with Crippen LogP contribution in [-0.4, -0.2) is 9.97 Å². The molecular weight excluding hydrogens is 484 g/mol. The Balaban J connectivity index is 0.00000182. The number of fused-ring (bicyclic) bond motifs is 3. The molecule has 0 fully saturated rings. The van der Waals surface area contributed by atoms with Crippen LogP contribution in [0.4, 0.5) is 0 Å². The second kappa shape index (κ2) is 6.67. The van der Waals surface area contributed by atoms with Gasteiger partial charge in [-0.3, -0.25) is 4.98 Å². The van der Waals surface area contributed by atoms with Crippen molar-refractivity contribution >= 4 is 21.5 Å². The van der Waals surface area contributed by atoms with E-state index < -0.39 is 0 Å². The summed E-state index contributed by atoms with van der Waals surface area (Å²) in [4.78, 5) is 9.25. The van der Waals surface area contributed by atoms with Gasteiger partial charge in [-0.15, -0.1) is 34.9 Å². The van der Waals surface area contributed by atoms with Gasteiger partial charge in [-0.1, -0.05) is 26.0 Å². The summed E-state index contributed by atoms with van der Waals surface area (Å²) in [5.41, 5.74) is 6.54. The first-order valence-corrected chi connectivity index (χ1v) is 8.19. The van der Waals surface area contributed by atoms with E-state index in [2.05, 4.69) is 73.2 Å². The van der Waals surface area contributed by atoms with Gasteiger partial charge in [0.1, 0.15) is 0 Å². The molecule has 0 aliphatic carbocycles. The summed E-state index contributed by atoms with van der Waals surface area (Å²) in [5.74, 6) is 0. The maximum Gasteiger partial charge on any atom is 0.0454 e. The standard InChI is InChI=1S/C22H19N2.Ir/c1-13-9-14(2)11-17(10-13)22-20-6-5-18-16(4)24-15(3)12-21(18)19(20)7-8-23-22;/h5-10,12H,1-4H3;/q-1;. The Bertz CT molecular complexity index is 1080. The Morgan fingerprint density at radius 1 is 0.800 bits per heavy atom. The van der Waals surface area contributed by atoms with Gasteiger partial charge in [-0.2, -0.15) is 0 Å². The van der Waals surface area contributed by atoms with Crippen molar-refractivity contribution in [1.82, 2.24) is 9.97 Å². The summed E-state index contributed by atoms with van der Waals surface area (Å²) in [6, 6.07) is 16.3. The molecule has 0 saturated heterocycles. The molecule has 0 saturated carbocycles. The van der Waals surface area contributed by atoms with Crippen molar-refractivity contribution in [3.8, 4) is 11.3 Å². The summed E-state index contributed by atoms with van der Waals surface area (Å²) in [6.45, 7) is 8.31. The third-order valence-electron chi connectivity index (χ3n) is 4.48. The zero-order valence-corrected chi connectivity index (χ0v) is 17.2. The Labute approximate surface area is 161 Å². The third-order valence-corrected chi connectivity index (χ3v) is 4.48. The zero-order valence-electron chi connectivity index (χ0n) is 14.8. The van der Waals surface area contributed by atoms with Crippen molar-refractivity contribution in [3.63, 3.8) is 0 Å². The van der Waals surface area contributed by atoms with Crippen LogP contribution < -0.4 is 0 Å². The van der Waals surface area contributed by atoms with E-state index in [9.17, 15) is 0 Å². The number of pyridine rings is 2. The van der Waals surface area contributed by atoms with Crippen LogP contribution in [0.2, 0.25) is 0 Å². The molecule has 3 heteroatoms. The molecule has 2 nitrogen and oxygen atoms in total. The van der Waals surface area contributed by atoms with E-state index in [0.29, 0.717) is 0 Å². The van der Waals surface area contributed by atoms with Crippen molar-refractivity contribution < 1.29 is 20.1 Å². The fourth-order valence-electron chi connectivity index (χ4n) is 3.55. The fraction of sp³-hybridized carbons (Fsp3) is 0.182. The molecule has 0 spiro atoms. The third kappa shape index (κ3) is 3.10. The number of nitrogens with zero attached hydrogens (tertiary/aromatic N) is 2. The topological polar surface area (TPSA) is 25.8 Å². The molecule has 0 amide bonds. The summed E-state index contributed by atoms with van der Waals surface area (Å²) in [7, 11) is 0. The molecule has 0 aliphatic rings. The maximum absolute atomic E-state index is 4.66. The van der Waals surface area contributed by atoms with E-state index in [-0.39, 0.29) is 20.1 Å². The number of aromatic nitrogens is 2. The minimum Gasteiger partial charge on any atom is -0.304 e. The van der Waals surface area contributed by atoms with Crippen molar-refractivity contribution in [2.24, 2.45) is 0 Å². The first-order chi connectivity index (χ1) is 11.5. The number of hydrogen-bond acceptors (Lipinski definition) is 2. The van der Waals surface area contributed by atoms with Crippen LogP contribution in [0.1, 0.15) is 22.5 Å². The molecule has 0 unspecified atom stereocenters. The Hall–Kier alpha value is -2.09. The number of benzene rings is 2. The minimum absolute atomic E-state index is 0. The van der Waals surface area contributed by atoms with Crippen LogP contribution in [0.5, 0.6) is 0 Å². The zero-order chi connectivity index (χ0) is 16.8. The van der Waals surface area contributed by atoms with Crippen LogP contribution in [0.15, 0.2) is 42.6 Å². The van der Waals surface area contributed by atoms with Gasteiger partial charge < -0.3 is 4.98 Å². The monoisotopic (exact) mass is 504 g/mol. The van der Waals surface area contributed by atoms with Crippen LogP contribution >= 0.6 is 0 Å². The van der Waals surface area contributed by atoms with Crippen LogP contribution in [0.3, 0.4) is 0 Å². The maximum atomic E-state index is 4.66. The Kier molecular flexibility index (Phi) is 4.73. The second-order valence-corrected chi connectivity index (χ2v) is 6.52. The van der Waals surface area contributed by atoms with Gasteiger partial charge in [0, 0.05) is 43.1 Å². The molecule has 127 valence electrons. The molecule has 0 aliphatic heterocycles. The Morgan fingerprint density at radius 3 is 2.32 bits per heavy atom. The molecule has 0 bridgehead atoms. The van der Waals surface area contributed by atoms with Gasteiger partial charge in [0.2, 0.25) is 0 Å². The van der Waals surface area contributed by atoms with Gasteiger partial charge >= 0.3 is 0 Å². The van der Waals surface area contributed by atoms with Gasteiger partial charge in [-0.25, -0.2) is 0 Å². The Morgan fingerprint density at radius 2 is 1.56 bits per heavy atom. The van der Waals surface area contributed by atoms with E-state index in [1.807, 2.05) is 13.1 Å². The molecule has 4 aromatic rings. The van der Waals surface area contributed by atoms with E-state index in [4.69, 9.17) is 0 Å². The molecule has 0 N–H and O–H groups in total. The van der Waals surface area contributed by atoms with Crippen molar-refractivity contribution in [2.45, 2.75) is 27.7 Å². The summed E-state index contributed by atoms with van der Waals surface area (Å²) >= 11 is 0. The summed E-state index contributed by atoms with van der Waals surface area (Å²) < 4.78 is 0. The van der Waals surface area contributed by atoms with Crippen molar-refractivity contribution in [2.75, 3.05) is 0 Å². The van der Waals surface area contributed by atoms with Crippen LogP contribution in [0.25, 0.3) is 32.8 Å². The normalized spacial score (nSPS) is 10.9. The average Bonchev–Trinajstić information content (AvgIpc) is 2.53. The van der Waals surface area contributed by atoms with E-state index in [1.54, 1.807) is 0 Å². The second-order valence-electron chi connectivity index (χ2n) is 6.52. The van der Waals surface area contributed by atoms with Gasteiger partial charge in [0.25, 0.3) is 0 Å². The molecule has 1 radical (unpaired) electrons. The molecular formula is C22H19IrN2-. The number of hydrogen-bond donors (Lipinski definition) is 0. The van der Waals surface area contributed by atoms with Crippen molar-refractivity contribution in [1.29, 1.82) is 0 Å². The minimum atomic E-state index is 0. The average molecular weight is 504 g/mol. The molecule has 4 rings (SSSR count). The van der Waals surface area contributed by atoms with Crippen molar-refractivity contribution in [3.05, 3.63) is 71.2 Å². The predicted octanol–water partition coefficient (Wildman–Crippen LogP) is 5.48. The van der Waals surface area contributed by atoms with Crippen LogP contribution in [-0.2, 0) is 20.1 Å². The number of rotatable bonds is 1.